The fourth-order valence-electron chi connectivity index (χ4n) is 5.30. The minimum atomic E-state index is -0.783. The molecule has 35 heavy (non-hydrogen) atoms. The van der Waals surface area contributed by atoms with Crippen LogP contribution in [0.2, 0.25) is 0 Å². The molecule has 2 aliphatic heterocycles. The minimum absolute atomic E-state index is 0.0726. The van der Waals surface area contributed by atoms with Crippen LogP contribution in [-0.2, 0) is 31.4 Å². The Kier molecular flexibility index (Phi) is 6.38. The van der Waals surface area contributed by atoms with E-state index in [2.05, 4.69) is 34.0 Å². The van der Waals surface area contributed by atoms with E-state index in [4.69, 9.17) is 0 Å². The maximum Gasteiger partial charge on any atom is 0.328 e. The highest BCUT2D eigenvalue weighted by atomic mass is 16.2. The van der Waals surface area contributed by atoms with Crippen molar-refractivity contribution in [2.45, 2.75) is 44.8 Å². The zero-order valence-corrected chi connectivity index (χ0v) is 20.4. The summed E-state index contributed by atoms with van der Waals surface area (Å²) in [6.07, 6.45) is 7.33. The largest absolute Gasteiger partial charge is 0.328 e. The Bertz CT molecular complexity index is 1180. The lowest BCUT2D eigenvalue weighted by atomic mass is 9.85. The summed E-state index contributed by atoms with van der Waals surface area (Å²) in [7, 11) is 1.95. The van der Waals surface area contributed by atoms with Crippen LogP contribution in [0.1, 0.15) is 35.2 Å². The number of hydrogen-bond acceptors (Lipinski definition) is 5. The van der Waals surface area contributed by atoms with Crippen molar-refractivity contribution in [2.75, 3.05) is 19.6 Å². The van der Waals surface area contributed by atoms with Crippen LogP contribution in [-0.4, -0.2) is 66.6 Å². The summed E-state index contributed by atoms with van der Waals surface area (Å²) in [5.74, 6) is -0.0726. The average Bonchev–Trinajstić information content (AvgIpc) is 3.29. The molecule has 8 nitrogen and oxygen atoms in total. The van der Waals surface area contributed by atoms with E-state index in [0.29, 0.717) is 19.4 Å². The lowest BCUT2D eigenvalue weighted by Gasteiger charge is -2.42. The van der Waals surface area contributed by atoms with Gasteiger partial charge in [0.15, 0.2) is 0 Å². The van der Waals surface area contributed by atoms with E-state index in [0.717, 1.165) is 42.9 Å². The molecule has 0 aliphatic carbocycles. The molecule has 0 bridgehead atoms. The van der Waals surface area contributed by atoms with Crippen molar-refractivity contribution < 1.29 is 9.59 Å². The zero-order chi connectivity index (χ0) is 24.4. The van der Waals surface area contributed by atoms with E-state index in [1.807, 2.05) is 53.2 Å². The first kappa shape index (κ1) is 23.2. The molecule has 8 heteroatoms. The van der Waals surface area contributed by atoms with Crippen LogP contribution in [0.5, 0.6) is 0 Å². The van der Waals surface area contributed by atoms with Gasteiger partial charge in [-0.05, 0) is 43.4 Å². The van der Waals surface area contributed by atoms with E-state index < -0.39 is 5.54 Å². The number of piperidine rings is 1. The fraction of sp³-hybridized carbons (Fsp3) is 0.407. The molecule has 2 saturated heterocycles. The van der Waals surface area contributed by atoms with Crippen LogP contribution in [0.4, 0.5) is 4.79 Å². The second-order valence-electron chi connectivity index (χ2n) is 9.61. The lowest BCUT2D eigenvalue weighted by Crippen LogP contribution is -2.56. The fourth-order valence-corrected chi connectivity index (χ4v) is 5.30. The molecule has 1 spiro atoms. The Labute approximate surface area is 206 Å². The van der Waals surface area contributed by atoms with Crippen LogP contribution in [0, 0.1) is 6.92 Å². The Morgan fingerprint density at radius 2 is 1.69 bits per heavy atom. The highest BCUT2D eigenvalue weighted by Crippen LogP contribution is 2.38. The molecule has 182 valence electrons. The molecule has 0 radical (unpaired) electrons. The number of carbonyl (C=O) groups is 2. The number of benzene rings is 1. The number of aromatic nitrogens is 3. The molecule has 5 rings (SSSR count). The normalized spacial score (nSPS) is 18.1. The van der Waals surface area contributed by atoms with Crippen LogP contribution < -0.4 is 0 Å². The minimum Gasteiger partial charge on any atom is -0.309 e. The molecule has 3 aromatic rings. The van der Waals surface area contributed by atoms with E-state index in [1.165, 1.54) is 10.5 Å². The summed E-state index contributed by atoms with van der Waals surface area (Å²) in [5.41, 5.74) is 3.60. The van der Waals surface area contributed by atoms with Crippen molar-refractivity contribution in [2.24, 2.45) is 7.05 Å². The number of amides is 3. The molecular formula is C27H32N6O2. The predicted octanol–water partition coefficient (Wildman–Crippen LogP) is 3.17. The maximum atomic E-state index is 13.9. The number of urea groups is 1. The van der Waals surface area contributed by atoms with E-state index >= 15 is 0 Å². The first-order valence-corrected chi connectivity index (χ1v) is 12.2. The monoisotopic (exact) mass is 472 g/mol. The number of hydrogen-bond donors (Lipinski definition) is 0. The first-order chi connectivity index (χ1) is 17.0. The standard InChI is InChI=1S/C27H32N6O2/c1-21-24(18-29-30(21)2)20-31-15-11-27(12-16-31)25(34)32(19-23-9-6-13-28-17-23)26(35)33(27)14-10-22-7-4-3-5-8-22/h3-9,13,17-18H,10-12,14-16,19-20H2,1-2H3. The summed E-state index contributed by atoms with van der Waals surface area (Å²) >= 11 is 0. The maximum absolute atomic E-state index is 13.9. The molecule has 4 heterocycles. The molecule has 2 fully saturated rings. The number of pyridine rings is 1. The summed E-state index contributed by atoms with van der Waals surface area (Å²) in [6.45, 7) is 5.19. The SMILES string of the molecule is Cc1c(CN2CCC3(CC2)C(=O)N(Cc2cccnc2)C(=O)N3CCc2ccccc2)cnn1C. The molecule has 1 aromatic carbocycles. The summed E-state index contributed by atoms with van der Waals surface area (Å²) < 4.78 is 1.89. The smallest absolute Gasteiger partial charge is 0.309 e. The molecule has 0 saturated carbocycles. The third kappa shape index (κ3) is 4.46. The van der Waals surface area contributed by atoms with Crippen LogP contribution in [0.15, 0.2) is 61.1 Å². The van der Waals surface area contributed by atoms with Crippen molar-refractivity contribution in [3.8, 4) is 0 Å². The second kappa shape index (κ2) is 9.62. The Morgan fingerprint density at radius 3 is 2.34 bits per heavy atom. The number of aryl methyl sites for hydroxylation is 1. The van der Waals surface area contributed by atoms with Gasteiger partial charge in [0.25, 0.3) is 5.91 Å². The van der Waals surface area contributed by atoms with Crippen molar-refractivity contribution in [3.05, 3.63) is 83.4 Å². The number of imide groups is 1. The van der Waals surface area contributed by atoms with Gasteiger partial charge in [-0.15, -0.1) is 0 Å². The molecule has 0 atom stereocenters. The van der Waals surface area contributed by atoms with Gasteiger partial charge in [-0.1, -0.05) is 36.4 Å². The van der Waals surface area contributed by atoms with Gasteiger partial charge < -0.3 is 4.90 Å². The molecular weight excluding hydrogens is 440 g/mol. The van der Waals surface area contributed by atoms with Crippen LogP contribution in [0.25, 0.3) is 0 Å². The van der Waals surface area contributed by atoms with Gasteiger partial charge >= 0.3 is 6.03 Å². The topological polar surface area (TPSA) is 74.6 Å². The van der Waals surface area contributed by atoms with Crippen molar-refractivity contribution in [1.82, 2.24) is 29.5 Å². The highest BCUT2D eigenvalue weighted by molar-refractivity contribution is 6.07. The van der Waals surface area contributed by atoms with Gasteiger partial charge in [-0.25, -0.2) is 4.79 Å². The van der Waals surface area contributed by atoms with Gasteiger partial charge in [0, 0.05) is 56.9 Å². The van der Waals surface area contributed by atoms with Crippen LogP contribution in [0.3, 0.4) is 0 Å². The average molecular weight is 473 g/mol. The zero-order valence-electron chi connectivity index (χ0n) is 20.4. The van der Waals surface area contributed by atoms with Gasteiger partial charge in [0.05, 0.1) is 12.7 Å². The third-order valence-corrected chi connectivity index (χ3v) is 7.57. The number of carbonyl (C=O) groups excluding carboxylic acids is 2. The summed E-state index contributed by atoms with van der Waals surface area (Å²) in [6, 6.07) is 13.7. The Morgan fingerprint density at radius 1 is 0.943 bits per heavy atom. The second-order valence-corrected chi connectivity index (χ2v) is 9.61. The van der Waals surface area contributed by atoms with Gasteiger partial charge in [0.2, 0.25) is 0 Å². The molecule has 0 N–H and O–H groups in total. The summed E-state index contributed by atoms with van der Waals surface area (Å²) in [5, 5.41) is 4.36. The van der Waals surface area contributed by atoms with Gasteiger partial charge in [-0.3, -0.25) is 24.3 Å². The van der Waals surface area contributed by atoms with E-state index in [-0.39, 0.29) is 18.5 Å². The molecule has 0 unspecified atom stereocenters. The van der Waals surface area contributed by atoms with Crippen molar-refractivity contribution >= 4 is 11.9 Å². The Hall–Kier alpha value is -3.52. The van der Waals surface area contributed by atoms with Crippen molar-refractivity contribution in [1.29, 1.82) is 0 Å². The third-order valence-electron chi connectivity index (χ3n) is 7.57. The number of rotatable bonds is 7. The highest BCUT2D eigenvalue weighted by Gasteiger charge is 2.57. The number of likely N-dealkylation sites (tertiary alicyclic amines) is 1. The van der Waals surface area contributed by atoms with E-state index in [1.54, 1.807) is 12.4 Å². The molecule has 2 aliphatic rings. The quantitative estimate of drug-likeness (QED) is 0.494. The Balaban J connectivity index is 1.36. The molecule has 2 aromatic heterocycles. The molecule has 3 amide bonds. The van der Waals surface area contributed by atoms with Crippen molar-refractivity contribution in [3.63, 3.8) is 0 Å². The predicted molar refractivity (Wildman–Crippen MR) is 132 cm³/mol. The van der Waals surface area contributed by atoms with Crippen LogP contribution >= 0.6 is 0 Å². The number of nitrogens with zero attached hydrogens (tertiary/aromatic N) is 6. The first-order valence-electron chi connectivity index (χ1n) is 12.2. The van der Waals surface area contributed by atoms with Gasteiger partial charge in [0.1, 0.15) is 5.54 Å². The summed E-state index contributed by atoms with van der Waals surface area (Å²) in [4.78, 5) is 37.3. The van der Waals surface area contributed by atoms with E-state index in [9.17, 15) is 9.59 Å². The van der Waals surface area contributed by atoms with Gasteiger partial charge in [-0.2, -0.15) is 5.10 Å². The lowest BCUT2D eigenvalue weighted by molar-refractivity contribution is -0.136.